The molecule has 0 aliphatic carbocycles. The zero-order valence-corrected chi connectivity index (χ0v) is 14.2. The van der Waals surface area contributed by atoms with Crippen molar-refractivity contribution in [3.05, 3.63) is 60.4 Å². The number of carbonyl (C=O) groups is 2. The van der Waals surface area contributed by atoms with Crippen molar-refractivity contribution in [3.8, 4) is 0 Å². The number of aryl methyl sites for hydroxylation is 1. The van der Waals surface area contributed by atoms with Gasteiger partial charge < -0.3 is 10.4 Å². The standard InChI is InChI=1S/C19H20N4O3/c24-18(21-12-6-8-14-7-4-5-11-20-14)16-13-17(19(25)26)23(22-16)15-9-2-1-3-10-15/h1-5,7,9-11,17H,6,8,12-13H2,(H,21,24)(H,25,26). The first-order valence-electron chi connectivity index (χ1n) is 8.48. The van der Waals surface area contributed by atoms with Crippen molar-refractivity contribution >= 4 is 23.3 Å². The van der Waals surface area contributed by atoms with E-state index in [4.69, 9.17) is 0 Å². The van der Waals surface area contributed by atoms with Gasteiger partial charge in [-0.3, -0.25) is 14.8 Å². The number of carboxylic acids is 1. The summed E-state index contributed by atoms with van der Waals surface area (Å²) in [4.78, 5) is 28.1. The highest BCUT2D eigenvalue weighted by atomic mass is 16.4. The molecule has 2 N–H and O–H groups in total. The van der Waals surface area contributed by atoms with Crippen LogP contribution in [0.15, 0.2) is 59.8 Å². The number of para-hydroxylation sites is 1. The van der Waals surface area contributed by atoms with Crippen LogP contribution in [0.4, 0.5) is 5.69 Å². The summed E-state index contributed by atoms with van der Waals surface area (Å²) in [6.45, 7) is 0.484. The number of hydrogen-bond acceptors (Lipinski definition) is 5. The van der Waals surface area contributed by atoms with Gasteiger partial charge in [-0.1, -0.05) is 24.3 Å². The highest BCUT2D eigenvalue weighted by Crippen LogP contribution is 2.24. The van der Waals surface area contributed by atoms with Gasteiger partial charge in [-0.15, -0.1) is 0 Å². The third-order valence-electron chi connectivity index (χ3n) is 4.10. The van der Waals surface area contributed by atoms with Gasteiger partial charge in [0.15, 0.2) is 6.04 Å². The van der Waals surface area contributed by atoms with Crippen molar-refractivity contribution in [1.82, 2.24) is 10.3 Å². The highest BCUT2D eigenvalue weighted by molar-refractivity contribution is 6.40. The number of aliphatic carboxylic acids is 1. The number of pyridine rings is 1. The summed E-state index contributed by atoms with van der Waals surface area (Å²) in [6, 6.07) is 13.9. The van der Waals surface area contributed by atoms with Crippen molar-refractivity contribution in [2.45, 2.75) is 25.3 Å². The van der Waals surface area contributed by atoms with E-state index in [-0.39, 0.29) is 18.0 Å². The molecule has 2 aromatic rings. The number of hydrogen-bond donors (Lipinski definition) is 2. The Labute approximate surface area is 151 Å². The SMILES string of the molecule is O=C(NCCCc1ccccn1)C1=NN(c2ccccc2)C(C(=O)O)C1. The molecule has 1 aliphatic heterocycles. The molecular weight excluding hydrogens is 332 g/mol. The predicted molar refractivity (Wildman–Crippen MR) is 98.0 cm³/mol. The van der Waals surface area contributed by atoms with E-state index in [1.807, 2.05) is 24.3 Å². The van der Waals surface area contributed by atoms with Crippen molar-refractivity contribution < 1.29 is 14.7 Å². The maximum Gasteiger partial charge on any atom is 0.328 e. The number of amides is 1. The Morgan fingerprint density at radius 1 is 1.15 bits per heavy atom. The molecule has 0 saturated carbocycles. The third-order valence-corrected chi connectivity index (χ3v) is 4.10. The second-order valence-electron chi connectivity index (χ2n) is 5.97. The van der Waals surface area contributed by atoms with Gasteiger partial charge in [-0.2, -0.15) is 5.10 Å². The van der Waals surface area contributed by atoms with Crippen LogP contribution in [0.5, 0.6) is 0 Å². The van der Waals surface area contributed by atoms with E-state index >= 15 is 0 Å². The fraction of sp³-hybridized carbons (Fsp3) is 0.263. The topological polar surface area (TPSA) is 94.9 Å². The van der Waals surface area contributed by atoms with Gasteiger partial charge >= 0.3 is 5.97 Å². The van der Waals surface area contributed by atoms with Crippen LogP contribution in [-0.2, 0) is 16.0 Å². The first-order chi connectivity index (χ1) is 12.6. The number of aromatic nitrogens is 1. The normalized spacial score (nSPS) is 16.2. The Hall–Kier alpha value is -3.22. The van der Waals surface area contributed by atoms with Gasteiger partial charge in [-0.25, -0.2) is 4.79 Å². The van der Waals surface area contributed by atoms with Gasteiger partial charge in [-0.05, 0) is 37.1 Å². The van der Waals surface area contributed by atoms with Gasteiger partial charge in [0.1, 0.15) is 5.71 Å². The van der Waals surface area contributed by atoms with Crippen LogP contribution in [0.3, 0.4) is 0 Å². The van der Waals surface area contributed by atoms with Crippen molar-refractivity contribution in [2.75, 3.05) is 11.6 Å². The molecule has 134 valence electrons. The van der Waals surface area contributed by atoms with Gasteiger partial charge in [0.25, 0.3) is 5.91 Å². The molecule has 1 aromatic heterocycles. The summed E-state index contributed by atoms with van der Waals surface area (Å²) in [5.74, 6) is -1.33. The highest BCUT2D eigenvalue weighted by Gasteiger charge is 2.35. The summed E-state index contributed by atoms with van der Waals surface area (Å²) in [5.41, 5.74) is 1.86. The molecule has 26 heavy (non-hydrogen) atoms. The molecule has 0 fully saturated rings. The minimum absolute atomic E-state index is 0.0797. The zero-order chi connectivity index (χ0) is 18.4. The minimum atomic E-state index is -1.00. The van der Waals surface area contributed by atoms with Gasteiger partial charge in [0, 0.05) is 24.9 Å². The molecule has 0 radical (unpaired) electrons. The average Bonchev–Trinajstić information content (AvgIpc) is 3.12. The number of carboxylic acid groups (broad SMARTS) is 1. The number of rotatable bonds is 7. The molecule has 3 rings (SSSR count). The number of hydrazone groups is 1. The van der Waals surface area contributed by atoms with Crippen LogP contribution >= 0.6 is 0 Å². The molecule has 0 saturated heterocycles. The van der Waals surface area contributed by atoms with E-state index in [2.05, 4.69) is 15.4 Å². The van der Waals surface area contributed by atoms with Crippen molar-refractivity contribution in [2.24, 2.45) is 5.10 Å². The summed E-state index contributed by atoms with van der Waals surface area (Å²) < 4.78 is 0. The molecule has 7 nitrogen and oxygen atoms in total. The van der Waals surface area contributed by atoms with Crippen LogP contribution in [0.25, 0.3) is 0 Å². The molecule has 1 aromatic carbocycles. The van der Waals surface area contributed by atoms with Crippen LogP contribution in [0.1, 0.15) is 18.5 Å². The summed E-state index contributed by atoms with van der Waals surface area (Å²) in [5, 5.41) is 17.9. The summed E-state index contributed by atoms with van der Waals surface area (Å²) in [6.07, 6.45) is 3.34. The first-order valence-corrected chi connectivity index (χ1v) is 8.48. The second-order valence-corrected chi connectivity index (χ2v) is 5.97. The van der Waals surface area contributed by atoms with E-state index in [0.29, 0.717) is 12.2 Å². The fourth-order valence-electron chi connectivity index (χ4n) is 2.78. The monoisotopic (exact) mass is 352 g/mol. The minimum Gasteiger partial charge on any atom is -0.480 e. The van der Waals surface area contributed by atoms with Crippen LogP contribution in [-0.4, -0.2) is 40.3 Å². The van der Waals surface area contributed by atoms with Gasteiger partial charge in [0.05, 0.1) is 5.69 Å². The van der Waals surface area contributed by atoms with E-state index in [1.54, 1.807) is 30.5 Å². The van der Waals surface area contributed by atoms with E-state index in [0.717, 1.165) is 18.5 Å². The Morgan fingerprint density at radius 2 is 1.92 bits per heavy atom. The Balaban J connectivity index is 1.57. The Morgan fingerprint density at radius 3 is 2.62 bits per heavy atom. The lowest BCUT2D eigenvalue weighted by atomic mass is 10.1. The largest absolute Gasteiger partial charge is 0.480 e. The molecular formula is C19H20N4O3. The van der Waals surface area contributed by atoms with Crippen LogP contribution < -0.4 is 10.3 Å². The molecule has 1 amide bonds. The summed E-state index contributed by atoms with van der Waals surface area (Å²) >= 11 is 0. The van der Waals surface area contributed by atoms with Crippen molar-refractivity contribution in [3.63, 3.8) is 0 Å². The number of carbonyl (C=O) groups excluding carboxylic acids is 1. The smallest absolute Gasteiger partial charge is 0.328 e. The molecule has 0 spiro atoms. The number of nitrogens with zero attached hydrogens (tertiary/aromatic N) is 3. The van der Waals surface area contributed by atoms with E-state index in [9.17, 15) is 14.7 Å². The molecule has 1 unspecified atom stereocenters. The van der Waals surface area contributed by atoms with Crippen LogP contribution in [0, 0.1) is 0 Å². The van der Waals surface area contributed by atoms with E-state index < -0.39 is 12.0 Å². The quantitative estimate of drug-likeness (QED) is 0.742. The zero-order valence-electron chi connectivity index (χ0n) is 14.2. The van der Waals surface area contributed by atoms with Crippen LogP contribution in [0.2, 0.25) is 0 Å². The lowest BCUT2D eigenvalue weighted by Gasteiger charge is -2.19. The lowest BCUT2D eigenvalue weighted by molar-refractivity contribution is -0.138. The molecule has 2 heterocycles. The molecule has 7 heteroatoms. The number of nitrogens with one attached hydrogen (secondary N) is 1. The maximum absolute atomic E-state index is 12.3. The first kappa shape index (κ1) is 17.6. The average molecular weight is 352 g/mol. The Kier molecular flexibility index (Phi) is 5.58. The summed E-state index contributed by atoms with van der Waals surface area (Å²) in [7, 11) is 0. The molecule has 0 bridgehead atoms. The maximum atomic E-state index is 12.3. The predicted octanol–water partition coefficient (Wildman–Crippen LogP) is 1.85. The molecule has 1 aliphatic rings. The third kappa shape index (κ3) is 4.24. The fourth-order valence-corrected chi connectivity index (χ4v) is 2.78. The van der Waals surface area contributed by atoms with E-state index in [1.165, 1.54) is 5.01 Å². The molecule has 1 atom stereocenters. The second kappa shape index (κ2) is 8.24. The number of anilines is 1. The Bertz CT molecular complexity index is 793. The van der Waals surface area contributed by atoms with Crippen molar-refractivity contribution in [1.29, 1.82) is 0 Å². The lowest BCUT2D eigenvalue weighted by Crippen LogP contribution is -2.35. The van der Waals surface area contributed by atoms with Gasteiger partial charge in [0.2, 0.25) is 0 Å². The number of benzene rings is 1.